The van der Waals surface area contributed by atoms with Crippen LogP contribution in [0, 0.1) is 0 Å². The normalized spacial score (nSPS) is 12.0. The lowest BCUT2D eigenvalue weighted by molar-refractivity contribution is 0.580. The molecular formula is C17H16N4O4S2. The van der Waals surface area contributed by atoms with Gasteiger partial charge in [0.1, 0.15) is 0 Å². The van der Waals surface area contributed by atoms with Crippen LogP contribution in [0.1, 0.15) is 5.56 Å². The van der Waals surface area contributed by atoms with Gasteiger partial charge in [0.15, 0.2) is 0 Å². The van der Waals surface area contributed by atoms with E-state index in [-0.39, 0.29) is 16.3 Å². The molecule has 140 valence electrons. The highest BCUT2D eigenvalue weighted by molar-refractivity contribution is 7.89. The molecule has 8 nitrogen and oxygen atoms in total. The van der Waals surface area contributed by atoms with Gasteiger partial charge in [-0.25, -0.2) is 26.7 Å². The van der Waals surface area contributed by atoms with Gasteiger partial charge in [-0.3, -0.25) is 9.97 Å². The van der Waals surface area contributed by atoms with Crippen LogP contribution in [0.4, 0.5) is 0 Å². The van der Waals surface area contributed by atoms with Gasteiger partial charge in [0.05, 0.1) is 15.5 Å². The standard InChI is InChI=1S/C17H16N4O4S2/c18-26(22,23)15-3-5-16(6-4-15)27(24,25)21-12-14-2-1-9-20-17(14)13-7-10-19-11-8-13/h1-11,21H,12H2,(H2,18,22,23). The predicted octanol–water partition coefficient (Wildman–Crippen LogP) is 1.27. The zero-order valence-electron chi connectivity index (χ0n) is 14.0. The largest absolute Gasteiger partial charge is 0.265 e. The van der Waals surface area contributed by atoms with Crippen molar-refractivity contribution in [1.82, 2.24) is 14.7 Å². The summed E-state index contributed by atoms with van der Waals surface area (Å²) in [5, 5.41) is 5.02. The summed E-state index contributed by atoms with van der Waals surface area (Å²) in [7, 11) is -7.73. The molecule has 0 aliphatic rings. The van der Waals surface area contributed by atoms with Gasteiger partial charge >= 0.3 is 0 Å². The van der Waals surface area contributed by atoms with Crippen LogP contribution in [-0.4, -0.2) is 26.8 Å². The zero-order chi connectivity index (χ0) is 19.5. The quantitative estimate of drug-likeness (QED) is 0.636. The van der Waals surface area contributed by atoms with Crippen molar-refractivity contribution in [1.29, 1.82) is 0 Å². The number of sulfonamides is 2. The Kier molecular flexibility index (Phi) is 5.33. The molecule has 3 N–H and O–H groups in total. The average molecular weight is 404 g/mol. The Morgan fingerprint density at radius 3 is 2.11 bits per heavy atom. The van der Waals surface area contributed by atoms with E-state index in [9.17, 15) is 16.8 Å². The van der Waals surface area contributed by atoms with Crippen molar-refractivity contribution < 1.29 is 16.8 Å². The molecule has 10 heteroatoms. The summed E-state index contributed by atoms with van der Waals surface area (Å²) in [6.45, 7) is 0.0186. The molecule has 0 fully saturated rings. The predicted molar refractivity (Wildman–Crippen MR) is 99.3 cm³/mol. The molecule has 0 radical (unpaired) electrons. The number of pyridine rings is 2. The van der Waals surface area contributed by atoms with E-state index in [1.54, 1.807) is 42.9 Å². The van der Waals surface area contributed by atoms with Gasteiger partial charge in [-0.2, -0.15) is 0 Å². The minimum absolute atomic E-state index is 0.0186. The third kappa shape index (κ3) is 4.55. The van der Waals surface area contributed by atoms with Gasteiger partial charge < -0.3 is 0 Å². The molecule has 0 amide bonds. The molecule has 0 unspecified atom stereocenters. The van der Waals surface area contributed by atoms with Crippen LogP contribution in [0.3, 0.4) is 0 Å². The van der Waals surface area contributed by atoms with Gasteiger partial charge in [-0.1, -0.05) is 6.07 Å². The second-order valence-electron chi connectivity index (χ2n) is 5.59. The van der Waals surface area contributed by atoms with Crippen molar-refractivity contribution in [2.24, 2.45) is 5.14 Å². The Balaban J connectivity index is 1.83. The van der Waals surface area contributed by atoms with Gasteiger partial charge in [0.25, 0.3) is 0 Å². The van der Waals surface area contributed by atoms with Crippen molar-refractivity contribution >= 4 is 20.0 Å². The molecule has 3 aromatic rings. The van der Waals surface area contributed by atoms with Crippen molar-refractivity contribution in [2.75, 3.05) is 0 Å². The minimum atomic E-state index is -3.89. The Morgan fingerprint density at radius 1 is 0.852 bits per heavy atom. The zero-order valence-corrected chi connectivity index (χ0v) is 15.6. The van der Waals surface area contributed by atoms with E-state index < -0.39 is 20.0 Å². The molecule has 0 aliphatic carbocycles. The van der Waals surface area contributed by atoms with Crippen LogP contribution in [0.5, 0.6) is 0 Å². The Labute approximate surface area is 157 Å². The first kappa shape index (κ1) is 19.1. The lowest BCUT2D eigenvalue weighted by Crippen LogP contribution is -2.24. The number of hydrogen-bond donors (Lipinski definition) is 2. The lowest BCUT2D eigenvalue weighted by atomic mass is 10.1. The van der Waals surface area contributed by atoms with Gasteiger partial charge in [-0.05, 0) is 48.0 Å². The van der Waals surface area contributed by atoms with Crippen molar-refractivity contribution in [3.05, 3.63) is 72.7 Å². The maximum Gasteiger partial charge on any atom is 0.240 e. The topological polar surface area (TPSA) is 132 Å². The summed E-state index contributed by atoms with van der Waals surface area (Å²) in [6, 6.07) is 11.7. The molecular weight excluding hydrogens is 388 g/mol. The van der Waals surface area contributed by atoms with Crippen LogP contribution < -0.4 is 9.86 Å². The smallest absolute Gasteiger partial charge is 0.240 e. The van der Waals surface area contributed by atoms with Crippen LogP contribution in [0.25, 0.3) is 11.3 Å². The van der Waals surface area contributed by atoms with E-state index in [1.165, 1.54) is 12.1 Å². The highest BCUT2D eigenvalue weighted by Gasteiger charge is 2.17. The van der Waals surface area contributed by atoms with Crippen molar-refractivity contribution in [3.63, 3.8) is 0 Å². The number of primary sulfonamides is 1. The maximum atomic E-state index is 12.5. The second kappa shape index (κ2) is 7.53. The van der Waals surface area contributed by atoms with E-state index in [1.807, 2.05) is 0 Å². The van der Waals surface area contributed by atoms with E-state index in [4.69, 9.17) is 5.14 Å². The third-order valence-electron chi connectivity index (χ3n) is 3.76. The monoisotopic (exact) mass is 404 g/mol. The number of nitrogens with one attached hydrogen (secondary N) is 1. The molecule has 0 bridgehead atoms. The number of nitrogens with two attached hydrogens (primary N) is 1. The average Bonchev–Trinajstić information content (AvgIpc) is 2.67. The minimum Gasteiger partial charge on any atom is -0.265 e. The van der Waals surface area contributed by atoms with E-state index in [2.05, 4.69) is 14.7 Å². The third-order valence-corrected chi connectivity index (χ3v) is 6.11. The number of benzene rings is 1. The summed E-state index contributed by atoms with van der Waals surface area (Å²) >= 11 is 0. The molecule has 1 aromatic carbocycles. The Hall–Kier alpha value is -2.66. The van der Waals surface area contributed by atoms with Crippen LogP contribution >= 0.6 is 0 Å². The molecule has 27 heavy (non-hydrogen) atoms. The number of nitrogens with zero attached hydrogens (tertiary/aromatic N) is 2. The molecule has 0 saturated carbocycles. The first-order valence-electron chi connectivity index (χ1n) is 7.74. The first-order valence-corrected chi connectivity index (χ1v) is 10.8. The van der Waals surface area contributed by atoms with Crippen molar-refractivity contribution in [2.45, 2.75) is 16.3 Å². The fraction of sp³-hybridized carbons (Fsp3) is 0.0588. The van der Waals surface area contributed by atoms with Crippen LogP contribution in [0.2, 0.25) is 0 Å². The maximum absolute atomic E-state index is 12.5. The van der Waals surface area contributed by atoms with Gasteiger partial charge in [-0.15, -0.1) is 0 Å². The Bertz CT molecular complexity index is 1150. The second-order valence-corrected chi connectivity index (χ2v) is 8.92. The van der Waals surface area contributed by atoms with E-state index in [0.717, 1.165) is 17.7 Å². The molecule has 0 saturated heterocycles. The highest BCUT2D eigenvalue weighted by atomic mass is 32.2. The number of rotatable bonds is 6. The highest BCUT2D eigenvalue weighted by Crippen LogP contribution is 2.21. The molecule has 2 aromatic heterocycles. The summed E-state index contributed by atoms with van der Waals surface area (Å²) in [5.41, 5.74) is 2.15. The summed E-state index contributed by atoms with van der Waals surface area (Å²) < 4.78 is 50.0. The fourth-order valence-electron chi connectivity index (χ4n) is 2.42. The summed E-state index contributed by atoms with van der Waals surface area (Å²) in [5.74, 6) is 0. The molecule has 0 aliphatic heterocycles. The molecule has 0 spiro atoms. The van der Waals surface area contributed by atoms with Crippen LogP contribution in [-0.2, 0) is 26.6 Å². The first-order chi connectivity index (χ1) is 12.8. The summed E-state index contributed by atoms with van der Waals surface area (Å²) in [4.78, 5) is 8.05. The number of aromatic nitrogens is 2. The van der Waals surface area contributed by atoms with E-state index in [0.29, 0.717) is 11.3 Å². The van der Waals surface area contributed by atoms with Gasteiger partial charge in [0.2, 0.25) is 20.0 Å². The molecule has 0 atom stereocenters. The van der Waals surface area contributed by atoms with Gasteiger partial charge in [0, 0.05) is 30.7 Å². The SMILES string of the molecule is NS(=O)(=O)c1ccc(S(=O)(=O)NCc2cccnc2-c2ccncc2)cc1. The van der Waals surface area contributed by atoms with E-state index >= 15 is 0 Å². The fourth-order valence-corrected chi connectivity index (χ4v) is 3.94. The molecule has 2 heterocycles. The van der Waals surface area contributed by atoms with Crippen molar-refractivity contribution in [3.8, 4) is 11.3 Å². The lowest BCUT2D eigenvalue weighted by Gasteiger charge is -2.11. The van der Waals surface area contributed by atoms with Crippen LogP contribution in [0.15, 0.2) is 76.9 Å². The molecule has 3 rings (SSSR count). The summed E-state index contributed by atoms with van der Waals surface area (Å²) in [6.07, 6.45) is 4.88. The number of hydrogen-bond acceptors (Lipinski definition) is 6. The Morgan fingerprint density at radius 2 is 1.48 bits per heavy atom.